The fraction of sp³-hybridized carbons (Fsp3) is 1.00. The summed E-state index contributed by atoms with van der Waals surface area (Å²) in [6, 6.07) is 0. The normalized spacial score (nSPS) is 12.2. The maximum atomic E-state index is 13.6. The molecule has 0 aliphatic heterocycles. The highest BCUT2D eigenvalue weighted by molar-refractivity contribution is 9.10. The van der Waals surface area contributed by atoms with Crippen molar-refractivity contribution in [3.05, 3.63) is 4.91 Å². The smallest absolute Gasteiger partial charge is 0.118 e. The van der Waals surface area contributed by atoms with Gasteiger partial charge in [0.05, 0.1) is 4.32 Å². The van der Waals surface area contributed by atoms with Crippen LogP contribution in [0.1, 0.15) is 413 Å². The molecule has 0 rings (SSSR count). The highest BCUT2D eigenvalue weighted by Gasteiger charge is 2.49. The Bertz CT molecular complexity index is 887. The molecule has 0 amide bonds. The van der Waals surface area contributed by atoms with Gasteiger partial charge in [-0.05, 0) is 25.7 Å². The highest BCUT2D eigenvalue weighted by atomic mass is 79.9. The molecule has 3 heteroatoms. The topological polar surface area (TPSA) is 29.4 Å². The fourth-order valence-corrected chi connectivity index (χ4v) is 12.8. The van der Waals surface area contributed by atoms with E-state index in [2.05, 4.69) is 48.8 Å². The van der Waals surface area contributed by atoms with Crippen molar-refractivity contribution in [2.24, 2.45) is 5.18 Å². The van der Waals surface area contributed by atoms with Crippen LogP contribution < -0.4 is 0 Å². The van der Waals surface area contributed by atoms with Crippen LogP contribution in [0, 0.1) is 4.91 Å². The molecule has 414 valence electrons. The third-order valence-corrected chi connectivity index (χ3v) is 18.3. The zero-order valence-corrected chi connectivity index (χ0v) is 50.2. The Morgan fingerprint density at radius 3 is 0.493 bits per heavy atom. The molecule has 0 heterocycles. The van der Waals surface area contributed by atoms with Gasteiger partial charge in [-0.3, -0.25) is 0 Å². The van der Waals surface area contributed by atoms with E-state index >= 15 is 0 Å². The highest BCUT2D eigenvalue weighted by Crippen LogP contribution is 2.49. The van der Waals surface area contributed by atoms with Gasteiger partial charge in [0.15, 0.2) is 0 Å². The van der Waals surface area contributed by atoms with Gasteiger partial charge in [-0.1, -0.05) is 408 Å². The van der Waals surface area contributed by atoms with Crippen LogP contribution in [0.15, 0.2) is 5.18 Å². The second-order valence-electron chi connectivity index (χ2n) is 23.5. The van der Waals surface area contributed by atoms with Crippen molar-refractivity contribution in [2.45, 2.75) is 423 Å². The Balaban J connectivity index is 5.30. The predicted molar refractivity (Wildman–Crippen MR) is 320 cm³/mol. The van der Waals surface area contributed by atoms with Crippen LogP contribution in [0.2, 0.25) is 0 Å². The molecule has 0 fully saturated rings. The maximum Gasteiger partial charge on any atom is 0.118 e. The monoisotopic (exact) mass is 1030 g/mol. The van der Waals surface area contributed by atoms with Crippen molar-refractivity contribution in [3.63, 3.8) is 0 Å². The summed E-state index contributed by atoms with van der Waals surface area (Å²) < 4.78 is -0.150. The number of alkyl halides is 1. The first-order valence-corrected chi connectivity index (χ1v) is 33.9. The molecule has 0 unspecified atom stereocenters. The molecule has 0 saturated heterocycles. The third-order valence-electron chi connectivity index (χ3n) is 16.7. The van der Waals surface area contributed by atoms with E-state index in [9.17, 15) is 4.91 Å². The lowest BCUT2D eigenvalue weighted by atomic mass is 9.71. The molecule has 0 aromatic carbocycles. The molecule has 0 aromatic heterocycles. The molecule has 0 saturated carbocycles. The molecule has 0 atom stereocenters. The lowest BCUT2D eigenvalue weighted by molar-refractivity contribution is 0.226. The van der Waals surface area contributed by atoms with E-state index in [1.54, 1.807) is 0 Å². The number of unbranched alkanes of at least 4 members (excludes halogenated alkanes) is 52. The summed E-state index contributed by atoms with van der Waals surface area (Å²) in [4.78, 5) is 13.6. The van der Waals surface area contributed by atoms with Crippen LogP contribution >= 0.6 is 15.9 Å². The number of hydrogen-bond donors (Lipinski definition) is 0. The van der Waals surface area contributed by atoms with Crippen molar-refractivity contribution < 1.29 is 0 Å². The Morgan fingerprint density at radius 2 is 0.348 bits per heavy atom. The summed E-state index contributed by atoms with van der Waals surface area (Å²) in [6.45, 7) is 9.26. The van der Waals surface area contributed by atoms with E-state index in [-0.39, 0.29) is 4.32 Å². The van der Waals surface area contributed by atoms with E-state index in [0.717, 1.165) is 25.7 Å². The van der Waals surface area contributed by atoms with Gasteiger partial charge in [-0.2, -0.15) is 4.91 Å². The number of hydrogen-bond acceptors (Lipinski definition) is 2. The number of rotatable bonds is 62. The molecule has 0 radical (unpaired) electrons. The largest absolute Gasteiger partial charge is 0.150 e. The van der Waals surface area contributed by atoms with E-state index in [0.29, 0.717) is 0 Å². The first-order valence-electron chi connectivity index (χ1n) is 33.1. The average molecular weight is 1040 g/mol. The van der Waals surface area contributed by atoms with Crippen LogP contribution in [0.5, 0.6) is 0 Å². The Labute approximate surface area is 446 Å². The molecule has 69 heavy (non-hydrogen) atoms. The van der Waals surface area contributed by atoms with Gasteiger partial charge in [0.25, 0.3) is 0 Å². The van der Waals surface area contributed by atoms with Gasteiger partial charge in [0.1, 0.15) is 5.54 Å². The fourth-order valence-electron chi connectivity index (χ4n) is 11.8. The zero-order valence-electron chi connectivity index (χ0n) is 48.7. The Morgan fingerprint density at radius 1 is 0.217 bits per heavy atom. The molecule has 0 spiro atoms. The minimum Gasteiger partial charge on any atom is -0.150 e. The first-order chi connectivity index (χ1) is 34.1. The van der Waals surface area contributed by atoms with E-state index in [1.165, 1.54) is 360 Å². The van der Waals surface area contributed by atoms with Crippen molar-refractivity contribution in [1.29, 1.82) is 0 Å². The van der Waals surface area contributed by atoms with E-state index in [1.807, 2.05) is 0 Å². The van der Waals surface area contributed by atoms with Crippen LogP contribution in [-0.4, -0.2) is 9.86 Å². The summed E-state index contributed by atoms with van der Waals surface area (Å²) in [5, 5.41) is 4.36. The van der Waals surface area contributed by atoms with E-state index in [4.69, 9.17) is 0 Å². The van der Waals surface area contributed by atoms with Crippen LogP contribution in [0.25, 0.3) is 0 Å². The van der Waals surface area contributed by atoms with Crippen LogP contribution in [-0.2, 0) is 0 Å². The Kier molecular flexibility index (Phi) is 57.4. The lowest BCUT2D eigenvalue weighted by Crippen LogP contribution is -2.48. The van der Waals surface area contributed by atoms with Gasteiger partial charge in [0.2, 0.25) is 0 Å². The molecule has 0 aliphatic rings. The van der Waals surface area contributed by atoms with Gasteiger partial charge in [-0.15, -0.1) is 0 Å². The van der Waals surface area contributed by atoms with Crippen molar-refractivity contribution in [1.82, 2.24) is 0 Å². The van der Waals surface area contributed by atoms with E-state index < -0.39 is 5.54 Å². The quantitative estimate of drug-likeness (QED) is 0.0339. The van der Waals surface area contributed by atoms with Gasteiger partial charge in [0, 0.05) is 0 Å². The van der Waals surface area contributed by atoms with Crippen molar-refractivity contribution in [3.8, 4) is 0 Å². The molecular formula is C66H132BrNO. The molecular weight excluding hydrogens is 903 g/mol. The number of nitrogens with zero attached hydrogens (tertiary/aromatic N) is 1. The number of halogens is 1. The lowest BCUT2D eigenvalue weighted by Gasteiger charge is -2.43. The van der Waals surface area contributed by atoms with Crippen LogP contribution in [0.4, 0.5) is 0 Å². The average Bonchev–Trinajstić information content (AvgIpc) is 3.36. The second kappa shape index (κ2) is 57.4. The molecule has 0 aliphatic carbocycles. The molecule has 0 aromatic rings. The van der Waals surface area contributed by atoms with Gasteiger partial charge >= 0.3 is 0 Å². The first kappa shape index (κ1) is 69.1. The molecule has 0 N–H and O–H groups in total. The number of nitroso groups, excluding NO2 is 1. The summed E-state index contributed by atoms with van der Waals surface area (Å²) in [7, 11) is 0. The minimum absolute atomic E-state index is 0.150. The molecule has 2 nitrogen and oxygen atoms in total. The van der Waals surface area contributed by atoms with Crippen molar-refractivity contribution >= 4 is 15.9 Å². The SMILES string of the molecule is CCCCCCCCCCCCCCCCC(Br)(CCCCCCCCCCCCCCCC)C(CCCCCCCCCCCCCCCC)(CCCCCCCCCCCCCCCC)N=O. The predicted octanol–water partition coefficient (Wildman–Crippen LogP) is 26.1. The molecule has 0 bridgehead atoms. The second-order valence-corrected chi connectivity index (χ2v) is 25.0. The maximum absolute atomic E-state index is 13.6. The summed E-state index contributed by atoms with van der Waals surface area (Å²) in [5.74, 6) is 0. The van der Waals surface area contributed by atoms with Gasteiger partial charge in [-0.25, -0.2) is 0 Å². The zero-order chi connectivity index (χ0) is 50.1. The van der Waals surface area contributed by atoms with Gasteiger partial charge < -0.3 is 0 Å². The van der Waals surface area contributed by atoms with Crippen LogP contribution in [0.3, 0.4) is 0 Å². The van der Waals surface area contributed by atoms with Crippen molar-refractivity contribution in [2.75, 3.05) is 0 Å². The third kappa shape index (κ3) is 46.4. The standard InChI is InChI=1S/C66H132BrNO/c1-5-9-13-17-21-25-29-33-37-41-45-49-53-57-61-65(67,62-58-54-50-46-42-38-34-30-26-22-18-14-10-6-2)66(68-69,63-59-55-51-47-43-39-35-31-27-23-19-15-11-7-3)64-60-56-52-48-44-40-36-32-28-24-20-16-12-8-4/h5-64H2,1-4H3. The Hall–Kier alpha value is 0.0800. The summed E-state index contributed by atoms with van der Waals surface area (Å²) in [5.41, 5.74) is -0.464. The summed E-state index contributed by atoms with van der Waals surface area (Å²) in [6.07, 6.45) is 82.1. The summed E-state index contributed by atoms with van der Waals surface area (Å²) >= 11 is 4.53. The minimum atomic E-state index is -0.464.